The van der Waals surface area contributed by atoms with Crippen molar-refractivity contribution in [2.75, 3.05) is 7.11 Å². The Labute approximate surface area is 91.4 Å². The molecule has 0 saturated heterocycles. The average molecular weight is 227 g/mol. The number of nitrogens with zero attached hydrogens (tertiary/aromatic N) is 1. The van der Waals surface area contributed by atoms with E-state index in [9.17, 15) is 4.79 Å². The quantitative estimate of drug-likeness (QED) is 0.453. The molecule has 0 aromatic carbocycles. The summed E-state index contributed by atoms with van der Waals surface area (Å²) >= 11 is 5.93. The van der Waals surface area contributed by atoms with Crippen LogP contribution in [-0.2, 0) is 11.2 Å². The molecule has 1 heterocycles. The van der Waals surface area contributed by atoms with Gasteiger partial charge in [0.05, 0.1) is 17.8 Å². The maximum Gasteiger partial charge on any atom is 0.340 e. The number of thiophene rings is 1. The fourth-order valence-corrected chi connectivity index (χ4v) is 2.05. The van der Waals surface area contributed by atoms with Gasteiger partial charge in [-0.1, -0.05) is 6.92 Å². The summed E-state index contributed by atoms with van der Waals surface area (Å²) in [5, 5.41) is 2.82. The van der Waals surface area contributed by atoms with E-state index < -0.39 is 0 Å². The Kier molecular flexibility index (Phi) is 3.95. The van der Waals surface area contributed by atoms with Gasteiger partial charge in [-0.3, -0.25) is 0 Å². The van der Waals surface area contributed by atoms with Crippen molar-refractivity contribution in [1.82, 2.24) is 0 Å². The van der Waals surface area contributed by atoms with E-state index in [2.05, 4.69) is 27.1 Å². The molecule has 0 aliphatic rings. The first-order valence-electron chi connectivity index (χ1n) is 4.01. The minimum absolute atomic E-state index is 0.384. The molecule has 0 fully saturated rings. The zero-order valence-corrected chi connectivity index (χ0v) is 9.50. The molecule has 0 unspecified atom stereocenters. The second-order valence-electron chi connectivity index (χ2n) is 2.48. The number of carbonyl (C=O) groups is 1. The summed E-state index contributed by atoms with van der Waals surface area (Å²) in [7, 11) is 1.34. The van der Waals surface area contributed by atoms with Crippen LogP contribution in [0.25, 0.3) is 0 Å². The molecule has 0 radical (unpaired) electrons. The van der Waals surface area contributed by atoms with Gasteiger partial charge in [0.2, 0.25) is 0 Å². The number of thiocarbonyl (C=S) groups is 1. The summed E-state index contributed by atoms with van der Waals surface area (Å²) in [6, 6.07) is 1.78. The van der Waals surface area contributed by atoms with Crippen molar-refractivity contribution in [3.63, 3.8) is 0 Å². The Balaban J connectivity index is 3.18. The molecule has 74 valence electrons. The molecule has 0 amide bonds. The number of carbonyl (C=O) groups excluding carboxylic acids is 1. The largest absolute Gasteiger partial charge is 0.465 e. The van der Waals surface area contributed by atoms with Crippen LogP contribution < -0.4 is 0 Å². The van der Waals surface area contributed by atoms with Gasteiger partial charge in [0.25, 0.3) is 0 Å². The van der Waals surface area contributed by atoms with E-state index in [1.54, 1.807) is 6.07 Å². The van der Waals surface area contributed by atoms with E-state index >= 15 is 0 Å². The summed E-state index contributed by atoms with van der Waals surface area (Å²) in [5.41, 5.74) is 0.465. The van der Waals surface area contributed by atoms with E-state index in [1.807, 2.05) is 6.92 Å². The van der Waals surface area contributed by atoms with Crippen LogP contribution in [0.15, 0.2) is 11.1 Å². The van der Waals surface area contributed by atoms with Crippen molar-refractivity contribution in [1.29, 1.82) is 0 Å². The minimum atomic E-state index is -0.384. The maximum atomic E-state index is 11.3. The lowest BCUT2D eigenvalue weighted by Crippen LogP contribution is -1.98. The standard InChI is InChI=1S/C9H9NO2S2/c1-3-6-4-7(9(11)12-2)8(14-6)10-5-13/h4H,3H2,1-2H3. The highest BCUT2D eigenvalue weighted by Gasteiger charge is 2.15. The van der Waals surface area contributed by atoms with E-state index in [0.29, 0.717) is 10.6 Å². The van der Waals surface area contributed by atoms with Gasteiger partial charge in [-0.05, 0) is 24.7 Å². The number of esters is 1. The van der Waals surface area contributed by atoms with Gasteiger partial charge in [0, 0.05) is 4.88 Å². The number of ether oxygens (including phenoxy) is 1. The molecule has 3 nitrogen and oxygen atoms in total. The normalized spacial score (nSPS) is 9.29. The number of isothiocyanates is 1. The van der Waals surface area contributed by atoms with Crippen LogP contribution in [0.3, 0.4) is 0 Å². The summed E-state index contributed by atoms with van der Waals surface area (Å²) in [4.78, 5) is 16.2. The highest BCUT2D eigenvalue weighted by atomic mass is 32.1. The monoisotopic (exact) mass is 227 g/mol. The lowest BCUT2D eigenvalue weighted by Gasteiger charge is -1.94. The van der Waals surface area contributed by atoms with Gasteiger partial charge in [-0.2, -0.15) is 4.99 Å². The molecule has 14 heavy (non-hydrogen) atoms. The number of aliphatic imine (C=N–C) groups is 1. The highest BCUT2D eigenvalue weighted by molar-refractivity contribution is 7.78. The van der Waals surface area contributed by atoms with E-state index in [0.717, 1.165) is 11.3 Å². The van der Waals surface area contributed by atoms with Crippen LogP contribution in [0, 0.1) is 0 Å². The molecule has 1 rings (SSSR count). The zero-order valence-electron chi connectivity index (χ0n) is 7.86. The summed E-state index contributed by atoms with van der Waals surface area (Å²) in [6.45, 7) is 2.01. The predicted octanol–water partition coefficient (Wildman–Crippen LogP) is 2.83. The predicted molar refractivity (Wildman–Crippen MR) is 59.7 cm³/mol. The lowest BCUT2D eigenvalue weighted by molar-refractivity contribution is 0.0602. The van der Waals surface area contributed by atoms with Gasteiger partial charge in [0.15, 0.2) is 0 Å². The van der Waals surface area contributed by atoms with Gasteiger partial charge >= 0.3 is 5.97 Å². The van der Waals surface area contributed by atoms with Crippen molar-refractivity contribution in [3.05, 3.63) is 16.5 Å². The third-order valence-electron chi connectivity index (χ3n) is 1.66. The number of methoxy groups -OCH3 is 1. The molecule has 1 aromatic heterocycles. The van der Waals surface area contributed by atoms with Crippen LogP contribution in [0.5, 0.6) is 0 Å². The summed E-state index contributed by atoms with van der Waals surface area (Å²) < 4.78 is 4.63. The number of hydrogen-bond donors (Lipinski definition) is 0. The molecule has 0 aliphatic heterocycles. The number of rotatable bonds is 3. The summed E-state index contributed by atoms with van der Waals surface area (Å²) in [5.74, 6) is -0.384. The molecule has 0 N–H and O–H groups in total. The Morgan fingerprint density at radius 1 is 1.79 bits per heavy atom. The van der Waals surface area contributed by atoms with Crippen molar-refractivity contribution in [2.24, 2.45) is 4.99 Å². The van der Waals surface area contributed by atoms with Crippen molar-refractivity contribution >= 4 is 39.7 Å². The summed E-state index contributed by atoms with van der Waals surface area (Å²) in [6.07, 6.45) is 0.863. The third-order valence-corrected chi connectivity index (χ3v) is 2.93. The van der Waals surface area contributed by atoms with E-state index in [1.165, 1.54) is 18.4 Å². The lowest BCUT2D eigenvalue weighted by atomic mass is 10.2. The molecule has 0 bridgehead atoms. The van der Waals surface area contributed by atoms with Crippen LogP contribution in [0.2, 0.25) is 0 Å². The molecular formula is C9H9NO2S2. The van der Waals surface area contributed by atoms with Gasteiger partial charge in [0.1, 0.15) is 5.00 Å². The van der Waals surface area contributed by atoms with Crippen LogP contribution in [0.4, 0.5) is 5.00 Å². The van der Waals surface area contributed by atoms with Crippen molar-refractivity contribution in [3.8, 4) is 0 Å². The molecule has 1 aromatic rings. The fraction of sp³-hybridized carbons (Fsp3) is 0.333. The van der Waals surface area contributed by atoms with Crippen LogP contribution in [-0.4, -0.2) is 18.2 Å². The highest BCUT2D eigenvalue weighted by Crippen LogP contribution is 2.31. The Hall–Kier alpha value is -1.03. The average Bonchev–Trinajstić information content (AvgIpc) is 2.61. The van der Waals surface area contributed by atoms with Crippen molar-refractivity contribution < 1.29 is 9.53 Å². The van der Waals surface area contributed by atoms with Gasteiger partial charge in [-0.15, -0.1) is 11.3 Å². The molecule has 0 atom stereocenters. The Bertz CT molecular complexity index is 392. The van der Waals surface area contributed by atoms with Crippen molar-refractivity contribution in [2.45, 2.75) is 13.3 Å². The smallest absolute Gasteiger partial charge is 0.340 e. The molecule has 0 aliphatic carbocycles. The third kappa shape index (κ3) is 2.26. The van der Waals surface area contributed by atoms with Crippen LogP contribution in [0.1, 0.15) is 22.2 Å². The Morgan fingerprint density at radius 3 is 3.00 bits per heavy atom. The molecule has 0 spiro atoms. The second-order valence-corrected chi connectivity index (χ2v) is 3.78. The first-order chi connectivity index (χ1) is 6.72. The number of hydrogen-bond acceptors (Lipinski definition) is 5. The Morgan fingerprint density at radius 2 is 2.50 bits per heavy atom. The maximum absolute atomic E-state index is 11.3. The minimum Gasteiger partial charge on any atom is -0.465 e. The molecular weight excluding hydrogens is 218 g/mol. The van der Waals surface area contributed by atoms with E-state index in [-0.39, 0.29) is 5.97 Å². The van der Waals surface area contributed by atoms with Gasteiger partial charge < -0.3 is 4.74 Å². The fourth-order valence-electron chi connectivity index (χ4n) is 0.986. The van der Waals surface area contributed by atoms with E-state index in [4.69, 9.17) is 0 Å². The topological polar surface area (TPSA) is 38.7 Å². The first kappa shape index (κ1) is 11.0. The van der Waals surface area contributed by atoms with Crippen LogP contribution >= 0.6 is 23.6 Å². The second kappa shape index (κ2) is 5.00. The molecule has 5 heteroatoms. The zero-order chi connectivity index (χ0) is 10.6. The van der Waals surface area contributed by atoms with Gasteiger partial charge in [-0.25, -0.2) is 4.79 Å². The SMILES string of the molecule is CCc1cc(C(=O)OC)c(N=C=S)s1. The number of aryl methyl sites for hydroxylation is 1. The molecule has 0 saturated carbocycles. The first-order valence-corrected chi connectivity index (χ1v) is 5.24.